The quantitative estimate of drug-likeness (QED) is 0.787. The maximum atomic E-state index is 13.2. The van der Waals surface area contributed by atoms with Crippen molar-refractivity contribution in [3.05, 3.63) is 71.3 Å². The van der Waals surface area contributed by atoms with Crippen LogP contribution in [0.5, 0.6) is 0 Å². The summed E-state index contributed by atoms with van der Waals surface area (Å²) in [5.74, 6) is 0.485. The predicted molar refractivity (Wildman–Crippen MR) is 115 cm³/mol. The first-order chi connectivity index (χ1) is 14.2. The van der Waals surface area contributed by atoms with Crippen LogP contribution < -0.4 is 0 Å². The second-order valence-electron chi connectivity index (χ2n) is 8.27. The maximum Gasteiger partial charge on any atom is 0.254 e. The number of benzene rings is 2. The second-order valence-corrected chi connectivity index (χ2v) is 8.27. The van der Waals surface area contributed by atoms with E-state index in [2.05, 4.69) is 12.1 Å². The third kappa shape index (κ3) is 4.69. The molecule has 2 aliphatic heterocycles. The van der Waals surface area contributed by atoms with Crippen molar-refractivity contribution >= 4 is 11.8 Å². The monoisotopic (exact) mass is 390 g/mol. The van der Waals surface area contributed by atoms with Gasteiger partial charge in [-0.1, -0.05) is 48.5 Å². The summed E-state index contributed by atoms with van der Waals surface area (Å²) >= 11 is 0. The van der Waals surface area contributed by atoms with E-state index < -0.39 is 0 Å². The number of rotatable bonds is 4. The largest absolute Gasteiger partial charge is 0.342 e. The van der Waals surface area contributed by atoms with Crippen molar-refractivity contribution < 1.29 is 9.59 Å². The number of likely N-dealkylation sites (tertiary alicyclic amines) is 2. The molecule has 2 fully saturated rings. The van der Waals surface area contributed by atoms with Gasteiger partial charge in [0.15, 0.2) is 0 Å². The molecule has 0 aromatic heterocycles. The average Bonchev–Trinajstić information content (AvgIpc) is 2.80. The molecule has 0 saturated carbocycles. The van der Waals surface area contributed by atoms with Gasteiger partial charge in [-0.2, -0.15) is 0 Å². The van der Waals surface area contributed by atoms with E-state index >= 15 is 0 Å². The molecule has 0 aliphatic carbocycles. The molecular formula is C25H30N2O2. The van der Waals surface area contributed by atoms with E-state index in [1.807, 2.05) is 52.3 Å². The van der Waals surface area contributed by atoms with E-state index in [4.69, 9.17) is 0 Å². The van der Waals surface area contributed by atoms with Crippen molar-refractivity contribution in [2.75, 3.05) is 26.2 Å². The topological polar surface area (TPSA) is 40.6 Å². The van der Waals surface area contributed by atoms with Gasteiger partial charge in [-0.05, 0) is 55.7 Å². The lowest BCUT2D eigenvalue weighted by atomic mass is 9.93. The third-order valence-electron chi connectivity index (χ3n) is 6.28. The Kier molecular flexibility index (Phi) is 6.28. The first-order valence-corrected chi connectivity index (χ1v) is 10.9. The van der Waals surface area contributed by atoms with Crippen LogP contribution in [0.25, 0.3) is 0 Å². The highest BCUT2D eigenvalue weighted by Gasteiger charge is 2.31. The summed E-state index contributed by atoms with van der Waals surface area (Å²) < 4.78 is 0. The fourth-order valence-electron chi connectivity index (χ4n) is 4.57. The first-order valence-electron chi connectivity index (χ1n) is 10.9. The maximum absolute atomic E-state index is 13.2. The fourth-order valence-corrected chi connectivity index (χ4v) is 4.57. The number of hydrogen-bond donors (Lipinski definition) is 0. The summed E-state index contributed by atoms with van der Waals surface area (Å²) in [4.78, 5) is 30.0. The third-order valence-corrected chi connectivity index (χ3v) is 6.28. The van der Waals surface area contributed by atoms with Crippen molar-refractivity contribution in [2.45, 2.75) is 38.5 Å². The van der Waals surface area contributed by atoms with E-state index in [-0.39, 0.29) is 11.8 Å². The number of carbonyl (C=O) groups excluding carboxylic acids is 2. The van der Waals surface area contributed by atoms with Crippen molar-refractivity contribution in [1.29, 1.82) is 0 Å². The summed E-state index contributed by atoms with van der Waals surface area (Å²) in [6.07, 6.45) is 5.80. The van der Waals surface area contributed by atoms with Crippen LogP contribution >= 0.6 is 0 Å². The smallest absolute Gasteiger partial charge is 0.254 e. The predicted octanol–water partition coefficient (Wildman–Crippen LogP) is 4.14. The van der Waals surface area contributed by atoms with Crippen LogP contribution in [0.1, 0.15) is 53.6 Å². The van der Waals surface area contributed by atoms with E-state index in [1.54, 1.807) is 0 Å². The number of hydrogen-bond acceptors (Lipinski definition) is 2. The molecule has 2 amide bonds. The zero-order valence-corrected chi connectivity index (χ0v) is 17.1. The Balaban J connectivity index is 1.39. The first kappa shape index (κ1) is 19.7. The van der Waals surface area contributed by atoms with Gasteiger partial charge >= 0.3 is 0 Å². The van der Waals surface area contributed by atoms with Gasteiger partial charge in [-0.3, -0.25) is 9.59 Å². The van der Waals surface area contributed by atoms with E-state index in [0.29, 0.717) is 19.0 Å². The zero-order chi connectivity index (χ0) is 20.1. The molecule has 2 saturated heterocycles. The molecule has 0 N–H and O–H groups in total. The summed E-state index contributed by atoms with van der Waals surface area (Å²) in [5.41, 5.74) is 3.06. The highest BCUT2D eigenvalue weighted by atomic mass is 16.2. The Morgan fingerprint density at radius 2 is 1.41 bits per heavy atom. The van der Waals surface area contributed by atoms with Gasteiger partial charge in [0.1, 0.15) is 0 Å². The molecule has 2 heterocycles. The Bertz CT molecular complexity index is 835. The minimum absolute atomic E-state index is 0.0803. The van der Waals surface area contributed by atoms with Crippen LogP contribution in [0.15, 0.2) is 54.6 Å². The Hall–Kier alpha value is -2.62. The normalized spacial score (nSPS) is 17.9. The van der Waals surface area contributed by atoms with Gasteiger partial charge in [0, 0.05) is 37.7 Å². The van der Waals surface area contributed by atoms with Gasteiger partial charge in [0.05, 0.1) is 0 Å². The van der Waals surface area contributed by atoms with Gasteiger partial charge in [0.2, 0.25) is 5.91 Å². The molecule has 4 rings (SSSR count). The molecule has 152 valence electrons. The molecule has 0 unspecified atom stereocenters. The minimum Gasteiger partial charge on any atom is -0.342 e. The SMILES string of the molecule is O=C(c1ccccc1Cc1ccccc1)N1CCC(C(=O)N2CCCCC2)CC1. The Morgan fingerprint density at radius 1 is 0.759 bits per heavy atom. The summed E-state index contributed by atoms with van der Waals surface area (Å²) in [6, 6.07) is 18.2. The lowest BCUT2D eigenvalue weighted by Gasteiger charge is -2.35. The van der Waals surface area contributed by atoms with E-state index in [0.717, 1.165) is 56.3 Å². The summed E-state index contributed by atoms with van der Waals surface area (Å²) in [5, 5.41) is 0. The fraction of sp³-hybridized carbons (Fsp3) is 0.440. The van der Waals surface area contributed by atoms with E-state index in [9.17, 15) is 9.59 Å². The molecular weight excluding hydrogens is 360 g/mol. The Morgan fingerprint density at radius 3 is 2.14 bits per heavy atom. The van der Waals surface area contributed by atoms with E-state index in [1.165, 1.54) is 12.0 Å². The average molecular weight is 391 g/mol. The summed E-state index contributed by atoms with van der Waals surface area (Å²) in [6.45, 7) is 3.15. The van der Waals surface area contributed by atoms with Crippen LogP contribution in [-0.4, -0.2) is 47.8 Å². The molecule has 2 aliphatic rings. The second kappa shape index (κ2) is 9.25. The van der Waals surface area contributed by atoms with Crippen LogP contribution in [-0.2, 0) is 11.2 Å². The molecule has 0 radical (unpaired) electrons. The minimum atomic E-state index is 0.0803. The molecule has 0 atom stereocenters. The van der Waals surface area contributed by atoms with Crippen LogP contribution in [0.2, 0.25) is 0 Å². The lowest BCUT2D eigenvalue weighted by molar-refractivity contribution is -0.137. The number of piperidine rings is 2. The lowest BCUT2D eigenvalue weighted by Crippen LogP contribution is -2.45. The van der Waals surface area contributed by atoms with Gasteiger partial charge in [-0.25, -0.2) is 0 Å². The molecule has 2 aromatic rings. The van der Waals surface area contributed by atoms with Crippen molar-refractivity contribution in [3.8, 4) is 0 Å². The van der Waals surface area contributed by atoms with Crippen molar-refractivity contribution in [2.24, 2.45) is 5.92 Å². The number of carbonyl (C=O) groups is 2. The van der Waals surface area contributed by atoms with Crippen molar-refractivity contribution in [3.63, 3.8) is 0 Å². The molecule has 2 aromatic carbocycles. The van der Waals surface area contributed by atoms with Crippen LogP contribution in [0.4, 0.5) is 0 Å². The molecule has 4 nitrogen and oxygen atoms in total. The Labute approximate surface area is 173 Å². The highest BCUT2D eigenvalue weighted by Crippen LogP contribution is 2.24. The number of nitrogens with zero attached hydrogens (tertiary/aromatic N) is 2. The molecule has 0 spiro atoms. The van der Waals surface area contributed by atoms with Gasteiger partial charge in [-0.15, -0.1) is 0 Å². The van der Waals surface area contributed by atoms with Gasteiger partial charge < -0.3 is 9.80 Å². The standard InChI is InChI=1S/C25H30N2O2/c28-24(26-15-7-2-8-16-26)21-13-17-27(18-14-21)25(29)23-12-6-5-11-22(23)19-20-9-3-1-4-10-20/h1,3-6,9-12,21H,2,7-8,13-19H2. The molecule has 0 bridgehead atoms. The van der Waals surface area contributed by atoms with Gasteiger partial charge in [0.25, 0.3) is 5.91 Å². The summed E-state index contributed by atoms with van der Waals surface area (Å²) in [7, 11) is 0. The number of amides is 2. The highest BCUT2D eigenvalue weighted by molar-refractivity contribution is 5.96. The molecule has 29 heavy (non-hydrogen) atoms. The molecule has 4 heteroatoms. The zero-order valence-electron chi connectivity index (χ0n) is 17.1. The van der Waals surface area contributed by atoms with Crippen LogP contribution in [0, 0.1) is 5.92 Å². The van der Waals surface area contributed by atoms with Crippen molar-refractivity contribution in [1.82, 2.24) is 9.80 Å². The van der Waals surface area contributed by atoms with Crippen LogP contribution in [0.3, 0.4) is 0 Å².